The van der Waals surface area contributed by atoms with Crippen molar-refractivity contribution < 1.29 is 15.0 Å². The summed E-state index contributed by atoms with van der Waals surface area (Å²) in [5.74, 6) is -0.932. The van der Waals surface area contributed by atoms with Crippen molar-refractivity contribution in [2.45, 2.75) is 24.9 Å². The van der Waals surface area contributed by atoms with Crippen LogP contribution in [0.5, 0.6) is 0 Å². The molecule has 2 rings (SSSR count). The molecule has 1 aromatic rings. The second-order valence-corrected chi connectivity index (χ2v) is 4.61. The third-order valence-corrected chi connectivity index (χ3v) is 3.30. The molecule has 0 radical (unpaired) electrons. The zero-order chi connectivity index (χ0) is 12.3. The van der Waals surface area contributed by atoms with E-state index in [4.69, 9.17) is 5.11 Å². The number of carboxylic acid groups (broad SMARTS) is 1. The SMILES string of the molecule is O=C(O)c1ccccc1CC1(O)CCNCC1. The molecule has 0 aliphatic carbocycles. The first-order valence-corrected chi connectivity index (χ1v) is 5.85. The number of hydrogen-bond acceptors (Lipinski definition) is 3. The standard InChI is InChI=1S/C13H17NO3/c15-12(16)11-4-2-1-3-10(11)9-13(17)5-7-14-8-6-13/h1-4,14,17H,5-9H2,(H,15,16). The van der Waals surface area contributed by atoms with Crippen molar-refractivity contribution >= 4 is 5.97 Å². The van der Waals surface area contributed by atoms with Crippen molar-refractivity contribution in [1.82, 2.24) is 5.32 Å². The fourth-order valence-corrected chi connectivity index (χ4v) is 2.31. The number of hydrogen-bond donors (Lipinski definition) is 3. The van der Waals surface area contributed by atoms with Crippen LogP contribution in [-0.4, -0.2) is 34.9 Å². The summed E-state index contributed by atoms with van der Waals surface area (Å²) in [7, 11) is 0. The van der Waals surface area contributed by atoms with Gasteiger partial charge in [0.25, 0.3) is 0 Å². The molecular weight excluding hydrogens is 218 g/mol. The summed E-state index contributed by atoms with van der Waals surface area (Å²) in [4.78, 5) is 11.1. The minimum atomic E-state index is -0.932. The van der Waals surface area contributed by atoms with Crippen LogP contribution in [0.1, 0.15) is 28.8 Å². The monoisotopic (exact) mass is 235 g/mol. The molecule has 0 atom stereocenters. The van der Waals surface area contributed by atoms with E-state index in [0.717, 1.165) is 13.1 Å². The molecule has 0 amide bonds. The van der Waals surface area contributed by atoms with Crippen LogP contribution in [-0.2, 0) is 6.42 Å². The maximum Gasteiger partial charge on any atom is 0.335 e. The van der Waals surface area contributed by atoms with Gasteiger partial charge in [0.2, 0.25) is 0 Å². The number of rotatable bonds is 3. The van der Waals surface area contributed by atoms with Gasteiger partial charge in [0, 0.05) is 6.42 Å². The lowest BCUT2D eigenvalue weighted by atomic mass is 9.84. The Balaban J connectivity index is 2.20. The topological polar surface area (TPSA) is 69.6 Å². The molecule has 3 N–H and O–H groups in total. The van der Waals surface area contributed by atoms with Crippen LogP contribution in [0, 0.1) is 0 Å². The summed E-state index contributed by atoms with van der Waals surface area (Å²) >= 11 is 0. The fourth-order valence-electron chi connectivity index (χ4n) is 2.31. The number of carboxylic acids is 1. The van der Waals surface area contributed by atoms with Crippen LogP contribution in [0.4, 0.5) is 0 Å². The Morgan fingerprint density at radius 2 is 1.94 bits per heavy atom. The molecule has 1 aliphatic rings. The Morgan fingerprint density at radius 1 is 1.29 bits per heavy atom. The molecule has 4 heteroatoms. The number of benzene rings is 1. The van der Waals surface area contributed by atoms with Crippen LogP contribution < -0.4 is 5.32 Å². The van der Waals surface area contributed by atoms with Gasteiger partial charge in [0.15, 0.2) is 0 Å². The smallest absolute Gasteiger partial charge is 0.335 e. The molecule has 0 bridgehead atoms. The van der Waals surface area contributed by atoms with Gasteiger partial charge in [0.1, 0.15) is 0 Å². The average molecular weight is 235 g/mol. The summed E-state index contributed by atoms with van der Waals surface area (Å²) in [5.41, 5.74) is 0.237. The van der Waals surface area contributed by atoms with Crippen LogP contribution in [0.2, 0.25) is 0 Å². The summed E-state index contributed by atoms with van der Waals surface area (Å²) < 4.78 is 0. The first-order valence-electron chi connectivity index (χ1n) is 5.85. The molecule has 1 aromatic carbocycles. The van der Waals surface area contributed by atoms with Gasteiger partial charge in [-0.15, -0.1) is 0 Å². The van der Waals surface area contributed by atoms with Gasteiger partial charge in [-0.05, 0) is 37.6 Å². The Kier molecular flexibility index (Phi) is 3.45. The van der Waals surface area contributed by atoms with Gasteiger partial charge in [-0.1, -0.05) is 18.2 Å². The molecule has 4 nitrogen and oxygen atoms in total. The lowest BCUT2D eigenvalue weighted by Gasteiger charge is -2.33. The second-order valence-electron chi connectivity index (χ2n) is 4.61. The van der Waals surface area contributed by atoms with Gasteiger partial charge >= 0.3 is 5.97 Å². The number of nitrogens with one attached hydrogen (secondary N) is 1. The minimum absolute atomic E-state index is 0.291. The zero-order valence-corrected chi connectivity index (χ0v) is 9.65. The minimum Gasteiger partial charge on any atom is -0.478 e. The van der Waals surface area contributed by atoms with E-state index >= 15 is 0 Å². The molecule has 0 unspecified atom stereocenters. The lowest BCUT2D eigenvalue weighted by Crippen LogP contribution is -2.43. The first-order chi connectivity index (χ1) is 8.11. The summed E-state index contributed by atoms with van der Waals surface area (Å²) in [6, 6.07) is 6.89. The first kappa shape index (κ1) is 12.1. The van der Waals surface area contributed by atoms with E-state index < -0.39 is 11.6 Å². The van der Waals surface area contributed by atoms with Crippen LogP contribution in [0.15, 0.2) is 24.3 Å². The van der Waals surface area contributed by atoms with E-state index in [1.165, 1.54) is 0 Å². The third kappa shape index (κ3) is 2.84. The summed E-state index contributed by atoms with van der Waals surface area (Å²) in [5, 5.41) is 22.7. The highest BCUT2D eigenvalue weighted by Gasteiger charge is 2.30. The van der Waals surface area contributed by atoms with Crippen molar-refractivity contribution in [3.63, 3.8) is 0 Å². The molecule has 1 heterocycles. The van der Waals surface area contributed by atoms with Crippen molar-refractivity contribution in [3.8, 4) is 0 Å². The molecule has 92 valence electrons. The second kappa shape index (κ2) is 4.85. The Hall–Kier alpha value is -1.39. The molecule has 0 spiro atoms. The Bertz CT molecular complexity index is 411. The molecule has 0 aromatic heterocycles. The average Bonchev–Trinajstić information content (AvgIpc) is 2.29. The van der Waals surface area contributed by atoms with Gasteiger partial charge in [-0.25, -0.2) is 4.79 Å². The van der Waals surface area contributed by atoms with Crippen molar-refractivity contribution in [2.75, 3.05) is 13.1 Å². The van der Waals surface area contributed by atoms with Gasteiger partial charge in [0.05, 0.1) is 11.2 Å². The lowest BCUT2D eigenvalue weighted by molar-refractivity contribution is 0.0106. The van der Waals surface area contributed by atoms with Gasteiger partial charge < -0.3 is 15.5 Å². The predicted octanol–water partition coefficient (Wildman–Crippen LogP) is 1.04. The van der Waals surface area contributed by atoms with Gasteiger partial charge in [-0.3, -0.25) is 0 Å². The largest absolute Gasteiger partial charge is 0.478 e. The summed E-state index contributed by atoms with van der Waals surface area (Å²) in [6.07, 6.45) is 1.75. The van der Waals surface area contributed by atoms with Crippen LogP contribution >= 0.6 is 0 Å². The quantitative estimate of drug-likeness (QED) is 0.732. The van der Waals surface area contributed by atoms with Crippen molar-refractivity contribution in [1.29, 1.82) is 0 Å². The highest BCUT2D eigenvalue weighted by atomic mass is 16.4. The fraction of sp³-hybridized carbons (Fsp3) is 0.462. The molecule has 0 saturated carbocycles. The van der Waals surface area contributed by atoms with Crippen LogP contribution in [0.3, 0.4) is 0 Å². The van der Waals surface area contributed by atoms with E-state index in [1.54, 1.807) is 18.2 Å². The van der Waals surface area contributed by atoms with E-state index in [-0.39, 0.29) is 0 Å². The number of aromatic carboxylic acids is 1. The van der Waals surface area contributed by atoms with E-state index in [1.807, 2.05) is 6.07 Å². The number of carbonyl (C=O) groups is 1. The van der Waals surface area contributed by atoms with E-state index in [0.29, 0.717) is 30.4 Å². The molecule has 1 saturated heterocycles. The maximum atomic E-state index is 11.1. The van der Waals surface area contributed by atoms with E-state index in [9.17, 15) is 9.90 Å². The zero-order valence-electron chi connectivity index (χ0n) is 9.65. The molecule has 1 aliphatic heterocycles. The molecular formula is C13H17NO3. The maximum absolute atomic E-state index is 11.1. The molecule has 17 heavy (non-hydrogen) atoms. The summed E-state index contributed by atoms with van der Waals surface area (Å²) in [6.45, 7) is 1.57. The normalized spacial score (nSPS) is 18.9. The number of piperidine rings is 1. The van der Waals surface area contributed by atoms with Gasteiger partial charge in [-0.2, -0.15) is 0 Å². The highest BCUT2D eigenvalue weighted by molar-refractivity contribution is 5.89. The van der Waals surface area contributed by atoms with Crippen LogP contribution in [0.25, 0.3) is 0 Å². The molecule has 1 fully saturated rings. The Labute approximate surface area is 100 Å². The number of aliphatic hydroxyl groups is 1. The van der Waals surface area contributed by atoms with Crippen molar-refractivity contribution in [2.24, 2.45) is 0 Å². The predicted molar refractivity (Wildman–Crippen MR) is 64.2 cm³/mol. The van der Waals surface area contributed by atoms with Crippen molar-refractivity contribution in [3.05, 3.63) is 35.4 Å². The van der Waals surface area contributed by atoms with E-state index in [2.05, 4.69) is 5.32 Å². The highest BCUT2D eigenvalue weighted by Crippen LogP contribution is 2.24. The third-order valence-electron chi connectivity index (χ3n) is 3.30. The Morgan fingerprint density at radius 3 is 2.59 bits per heavy atom.